The Kier molecular flexibility index (Phi) is 9.91. The lowest BCUT2D eigenvalue weighted by atomic mass is 9.97. The topological polar surface area (TPSA) is 64.6 Å². The van der Waals surface area contributed by atoms with E-state index in [4.69, 9.17) is 41.4 Å². The third-order valence-electron chi connectivity index (χ3n) is 8.39. The normalized spacial score (nSPS) is 23.5. The average Bonchev–Trinajstić information content (AvgIpc) is 3.17. The molecular weight excluding hydrogens is 616 g/mol. The van der Waals surface area contributed by atoms with Crippen molar-refractivity contribution in [1.29, 1.82) is 0 Å². The molecule has 254 valence electrons. The Morgan fingerprint density at radius 2 is 0.837 bits per heavy atom. The van der Waals surface area contributed by atoms with Crippen LogP contribution < -0.4 is 9.47 Å². The van der Waals surface area contributed by atoms with E-state index in [-0.39, 0.29) is 62.3 Å². The molecule has 0 aromatic heterocycles. The quantitative estimate of drug-likeness (QED) is 0.180. The van der Waals surface area contributed by atoms with Crippen molar-refractivity contribution in [3.05, 3.63) is 167 Å². The van der Waals surface area contributed by atoms with Gasteiger partial charge in [0.1, 0.15) is 35.9 Å². The summed E-state index contributed by atoms with van der Waals surface area (Å²) in [6.07, 6.45) is -2.64. The van der Waals surface area contributed by atoms with Gasteiger partial charge in [0.05, 0.1) is 61.9 Å². The highest BCUT2D eigenvalue weighted by atomic mass is 16.6. The summed E-state index contributed by atoms with van der Waals surface area (Å²) in [4.78, 5) is 0. The molecule has 49 heavy (non-hydrogen) atoms. The first-order valence-corrected chi connectivity index (χ1v) is 16.3. The molecule has 0 aliphatic carbocycles. The van der Waals surface area contributed by atoms with Crippen LogP contribution in [0.25, 0.3) is 0 Å². The van der Waals surface area contributed by atoms with Crippen molar-refractivity contribution in [3.63, 3.8) is 0 Å². The molecule has 0 unspecified atom stereocenters. The molecule has 7 heteroatoms. The number of hydrogen-bond acceptors (Lipinski definition) is 7. The number of rotatable bonds is 6. The molecule has 6 rings (SSSR count). The maximum atomic E-state index is 8.12. The molecule has 0 spiro atoms. The van der Waals surface area contributed by atoms with Crippen molar-refractivity contribution in [3.8, 4) is 11.5 Å². The third-order valence-corrected chi connectivity index (χ3v) is 8.39. The van der Waals surface area contributed by atoms with Crippen molar-refractivity contribution >= 4 is 0 Å². The lowest BCUT2D eigenvalue weighted by Crippen LogP contribution is -2.22. The van der Waals surface area contributed by atoms with E-state index >= 15 is 0 Å². The number of fused-ring (bicyclic) bond motifs is 2. The van der Waals surface area contributed by atoms with E-state index in [1.807, 2.05) is 121 Å². The van der Waals surface area contributed by atoms with Crippen molar-refractivity contribution in [1.82, 2.24) is 0 Å². The zero-order valence-corrected chi connectivity index (χ0v) is 27.1. The Balaban J connectivity index is 1.48. The average molecular weight is 667 g/mol. The zero-order chi connectivity index (χ0) is 38.7. The Bertz CT molecular complexity index is 1770. The minimum atomic E-state index is -2.88. The second kappa shape index (κ2) is 17.8. The maximum absolute atomic E-state index is 8.12. The fourth-order valence-corrected chi connectivity index (χ4v) is 6.06. The Hall–Kier alpha value is -4.50. The molecule has 2 bridgehead atoms. The molecule has 1 heterocycles. The zero-order valence-electron chi connectivity index (χ0n) is 33.1. The molecule has 0 saturated carbocycles. The maximum Gasteiger partial charge on any atom is 0.130 e. The van der Waals surface area contributed by atoms with Crippen LogP contribution in [-0.4, -0.2) is 40.5 Å². The van der Waals surface area contributed by atoms with Crippen LogP contribution in [0.2, 0.25) is 0 Å². The summed E-state index contributed by atoms with van der Waals surface area (Å²) in [5, 5.41) is 0. The Morgan fingerprint density at radius 3 is 1.20 bits per heavy atom. The van der Waals surface area contributed by atoms with Crippen LogP contribution in [0.5, 0.6) is 11.5 Å². The monoisotopic (exact) mass is 666 g/mol. The summed E-state index contributed by atoms with van der Waals surface area (Å²) in [7, 11) is -5.69. The Labute approximate surface area is 297 Å². The van der Waals surface area contributed by atoms with Crippen LogP contribution in [0.15, 0.2) is 133 Å². The number of methoxy groups -OCH3 is 2. The van der Waals surface area contributed by atoms with Crippen molar-refractivity contribution in [2.45, 2.75) is 37.6 Å². The first kappa shape index (κ1) is 27.3. The van der Waals surface area contributed by atoms with Crippen molar-refractivity contribution in [2.75, 3.05) is 40.5 Å². The van der Waals surface area contributed by atoms with Gasteiger partial charge in [-0.1, -0.05) is 121 Å². The van der Waals surface area contributed by atoms with Crippen molar-refractivity contribution in [2.24, 2.45) is 0 Å². The molecular formula is C42H44O7. The van der Waals surface area contributed by atoms with Crippen LogP contribution in [0.4, 0.5) is 0 Å². The number of ether oxygens (including phenoxy) is 7. The summed E-state index contributed by atoms with van der Waals surface area (Å²) < 4.78 is 91.6. The lowest BCUT2D eigenvalue weighted by Gasteiger charge is -2.30. The van der Waals surface area contributed by atoms with Gasteiger partial charge in [0.15, 0.2) is 0 Å². The van der Waals surface area contributed by atoms with Gasteiger partial charge in [0.2, 0.25) is 0 Å². The van der Waals surface area contributed by atoms with Gasteiger partial charge in [-0.25, -0.2) is 0 Å². The highest BCUT2D eigenvalue weighted by Crippen LogP contribution is 2.40. The van der Waals surface area contributed by atoms with Gasteiger partial charge in [-0.3, -0.25) is 0 Å². The van der Waals surface area contributed by atoms with E-state index in [1.54, 1.807) is 0 Å². The lowest BCUT2D eigenvalue weighted by molar-refractivity contribution is -0.109. The van der Waals surface area contributed by atoms with E-state index in [2.05, 4.69) is 0 Å². The molecule has 1 aliphatic rings. The van der Waals surface area contributed by atoms with Crippen LogP contribution >= 0.6 is 0 Å². The van der Waals surface area contributed by atoms with E-state index in [0.29, 0.717) is 0 Å². The van der Waals surface area contributed by atoms with Gasteiger partial charge in [0, 0.05) is 11.1 Å². The first-order chi connectivity index (χ1) is 26.5. The van der Waals surface area contributed by atoms with E-state index in [9.17, 15) is 0 Å². The minimum Gasteiger partial charge on any atom is -0.497 e. The van der Waals surface area contributed by atoms with Gasteiger partial charge in [-0.05, 0) is 34.4 Å². The summed E-state index contributed by atoms with van der Waals surface area (Å²) in [5.74, 6) is -0.0822. The largest absolute Gasteiger partial charge is 0.497 e. The molecule has 0 saturated heterocycles. The molecule has 0 fully saturated rings. The summed E-state index contributed by atoms with van der Waals surface area (Å²) in [6.45, 7) is 0.580. The summed E-state index contributed by atoms with van der Waals surface area (Å²) in [6, 6.07) is 41.2. The Morgan fingerprint density at radius 1 is 0.469 bits per heavy atom. The standard InChI is InChI=1S/C42H44O7/c1-43-37-27-35-29-48-41(33-19-11-5-12-20-33)39(31-15-7-3-8-16-31)46-25-23-45-24-26-47-40(32-17-9-4-10-18-32)42(34-21-13-6-14-22-34)49-30-36(28-37)38(35)44-2/h3-22,27-28,39-42H,23-26,29-30H2,1-2H3/t39-,40-,41-,42-/m1/s1/i1D3,2D3. The molecule has 4 atom stereocenters. The van der Waals surface area contributed by atoms with Crippen LogP contribution in [0.3, 0.4) is 0 Å². The summed E-state index contributed by atoms with van der Waals surface area (Å²) in [5.41, 5.74) is 3.77. The second-order valence-corrected chi connectivity index (χ2v) is 11.6. The van der Waals surface area contributed by atoms with Gasteiger partial charge in [0.25, 0.3) is 0 Å². The van der Waals surface area contributed by atoms with Gasteiger partial charge < -0.3 is 33.2 Å². The smallest absolute Gasteiger partial charge is 0.130 e. The van der Waals surface area contributed by atoms with Gasteiger partial charge in [-0.15, -0.1) is 0 Å². The molecule has 5 aromatic carbocycles. The highest BCUT2D eigenvalue weighted by Gasteiger charge is 2.30. The molecule has 0 amide bonds. The number of hydrogen-bond donors (Lipinski definition) is 0. The summed E-state index contributed by atoms with van der Waals surface area (Å²) >= 11 is 0. The molecule has 5 aromatic rings. The SMILES string of the molecule is [2H]C([2H])([2H])Oc1cc2c(OC([2H])([2H])[2H])c(c1)CO[C@H](c1ccccc1)[C@@H](c1ccccc1)OCCOCCO[C@H](c1ccccc1)[C@@H](c1ccccc1)OC2. The van der Waals surface area contributed by atoms with Crippen LogP contribution in [0, 0.1) is 0 Å². The molecule has 0 radical (unpaired) electrons. The molecule has 0 N–H and O–H groups in total. The van der Waals surface area contributed by atoms with Gasteiger partial charge in [-0.2, -0.15) is 0 Å². The molecule has 1 aliphatic heterocycles. The van der Waals surface area contributed by atoms with Crippen LogP contribution in [0.1, 0.15) is 66.0 Å². The van der Waals surface area contributed by atoms with E-state index in [1.165, 1.54) is 12.1 Å². The first-order valence-electron chi connectivity index (χ1n) is 19.3. The van der Waals surface area contributed by atoms with E-state index in [0.717, 1.165) is 22.3 Å². The predicted octanol–water partition coefficient (Wildman–Crippen LogP) is 8.77. The van der Waals surface area contributed by atoms with Gasteiger partial charge >= 0.3 is 0 Å². The fourth-order valence-electron chi connectivity index (χ4n) is 6.06. The minimum absolute atomic E-state index is 0.0408. The predicted molar refractivity (Wildman–Crippen MR) is 189 cm³/mol. The number of benzene rings is 5. The highest BCUT2D eigenvalue weighted by molar-refractivity contribution is 5.47. The third kappa shape index (κ3) is 8.95. The van der Waals surface area contributed by atoms with Crippen LogP contribution in [-0.2, 0) is 36.9 Å². The van der Waals surface area contributed by atoms with E-state index < -0.39 is 38.5 Å². The fraction of sp³-hybridized carbons (Fsp3) is 0.286. The molecule has 7 nitrogen and oxygen atoms in total. The van der Waals surface area contributed by atoms with Crippen molar-refractivity contribution < 1.29 is 41.4 Å². The second-order valence-electron chi connectivity index (χ2n) is 11.6.